The Bertz CT molecular complexity index is 533. The summed E-state index contributed by atoms with van der Waals surface area (Å²) in [6.45, 7) is 6.72. The zero-order valence-electron chi connectivity index (χ0n) is 10.6. The number of halogens is 1. The molecule has 0 amide bonds. The van der Waals surface area contributed by atoms with Crippen LogP contribution in [-0.2, 0) is 6.54 Å². The van der Waals surface area contributed by atoms with Gasteiger partial charge in [-0.25, -0.2) is 0 Å². The minimum Gasteiger partial charge on any atom is -0.337 e. The quantitative estimate of drug-likeness (QED) is 0.925. The summed E-state index contributed by atoms with van der Waals surface area (Å²) >= 11 is 6.02. The minimum absolute atomic E-state index is 0.00270. The van der Waals surface area contributed by atoms with E-state index in [4.69, 9.17) is 16.1 Å². The lowest BCUT2D eigenvalue weighted by Gasteiger charge is -2.18. The molecule has 5 nitrogen and oxygen atoms in total. The third kappa shape index (κ3) is 3.27. The van der Waals surface area contributed by atoms with E-state index in [0.29, 0.717) is 29.0 Å². The number of aromatic nitrogens is 3. The van der Waals surface area contributed by atoms with Gasteiger partial charge in [0.25, 0.3) is 0 Å². The molecule has 0 aliphatic carbocycles. The molecule has 0 saturated carbocycles. The predicted octanol–water partition coefficient (Wildman–Crippen LogP) is 2.67. The summed E-state index contributed by atoms with van der Waals surface area (Å²) in [5.74, 6) is 0.924. The highest BCUT2D eigenvalue weighted by Gasteiger charge is 2.15. The predicted molar refractivity (Wildman–Crippen MR) is 69.1 cm³/mol. The van der Waals surface area contributed by atoms with Crippen molar-refractivity contribution in [3.8, 4) is 11.5 Å². The van der Waals surface area contributed by atoms with Crippen molar-refractivity contribution in [2.75, 3.05) is 0 Å². The molecule has 0 spiro atoms. The molecule has 0 atom stereocenters. The van der Waals surface area contributed by atoms with E-state index < -0.39 is 0 Å². The molecule has 2 rings (SSSR count). The van der Waals surface area contributed by atoms with Crippen molar-refractivity contribution in [3.05, 3.63) is 29.2 Å². The molecule has 0 aliphatic rings. The zero-order chi connectivity index (χ0) is 13.2. The molecule has 6 heteroatoms. The van der Waals surface area contributed by atoms with Gasteiger partial charge in [0.15, 0.2) is 0 Å². The average molecular weight is 267 g/mol. The minimum atomic E-state index is -0.00270. The lowest BCUT2D eigenvalue weighted by Crippen LogP contribution is -2.35. The topological polar surface area (TPSA) is 63.8 Å². The normalized spacial score (nSPS) is 11.8. The molecule has 0 bridgehead atoms. The Hall–Kier alpha value is -1.46. The van der Waals surface area contributed by atoms with E-state index in [1.807, 2.05) is 0 Å². The number of hydrogen-bond acceptors (Lipinski definition) is 5. The highest BCUT2D eigenvalue weighted by atomic mass is 35.5. The van der Waals surface area contributed by atoms with Crippen LogP contribution in [0.1, 0.15) is 26.7 Å². The first-order valence-electron chi connectivity index (χ1n) is 5.64. The highest BCUT2D eigenvalue weighted by Crippen LogP contribution is 2.22. The maximum absolute atomic E-state index is 6.02. The van der Waals surface area contributed by atoms with Crippen molar-refractivity contribution in [3.63, 3.8) is 0 Å². The number of nitrogens with zero attached hydrogens (tertiary/aromatic N) is 3. The van der Waals surface area contributed by atoms with Gasteiger partial charge in [-0.15, -0.1) is 0 Å². The number of hydrogen-bond donors (Lipinski definition) is 1. The van der Waals surface area contributed by atoms with Crippen molar-refractivity contribution in [1.82, 2.24) is 20.4 Å². The standard InChI is InChI=1S/C12H15ClN4O/c1-12(2,3)15-7-9-16-11(17-18-9)10-8(13)5-4-6-14-10/h4-6,15H,7H2,1-3H3. The van der Waals surface area contributed by atoms with Crippen molar-refractivity contribution < 1.29 is 4.52 Å². The van der Waals surface area contributed by atoms with Crippen LogP contribution in [0.25, 0.3) is 11.5 Å². The van der Waals surface area contributed by atoms with E-state index in [2.05, 4.69) is 41.2 Å². The highest BCUT2D eigenvalue weighted by molar-refractivity contribution is 6.32. The number of nitrogens with one attached hydrogen (secondary N) is 1. The SMILES string of the molecule is CC(C)(C)NCc1nc(-c2ncccc2Cl)no1. The molecular weight excluding hydrogens is 252 g/mol. The van der Waals surface area contributed by atoms with Crippen LogP contribution in [0.15, 0.2) is 22.9 Å². The van der Waals surface area contributed by atoms with E-state index in [9.17, 15) is 0 Å². The summed E-state index contributed by atoms with van der Waals surface area (Å²) < 4.78 is 5.15. The van der Waals surface area contributed by atoms with Gasteiger partial charge in [0.05, 0.1) is 11.6 Å². The monoisotopic (exact) mass is 266 g/mol. The first kappa shape index (κ1) is 13.0. The second-order valence-electron chi connectivity index (χ2n) is 4.95. The first-order chi connectivity index (χ1) is 8.46. The van der Waals surface area contributed by atoms with E-state index >= 15 is 0 Å². The van der Waals surface area contributed by atoms with Crippen LogP contribution >= 0.6 is 11.6 Å². The van der Waals surface area contributed by atoms with Crippen molar-refractivity contribution in [2.45, 2.75) is 32.9 Å². The van der Waals surface area contributed by atoms with Crippen LogP contribution in [0, 0.1) is 0 Å². The molecule has 1 N–H and O–H groups in total. The average Bonchev–Trinajstić information content (AvgIpc) is 2.75. The third-order valence-corrected chi connectivity index (χ3v) is 2.51. The van der Waals surface area contributed by atoms with Gasteiger partial charge < -0.3 is 9.84 Å². The Kier molecular flexibility index (Phi) is 3.63. The molecule has 18 heavy (non-hydrogen) atoms. The van der Waals surface area contributed by atoms with Gasteiger partial charge in [-0.3, -0.25) is 4.98 Å². The summed E-state index contributed by atoms with van der Waals surface area (Å²) in [6, 6.07) is 3.50. The van der Waals surface area contributed by atoms with E-state index in [1.54, 1.807) is 18.3 Å². The molecule has 96 valence electrons. The molecule has 0 saturated heterocycles. The molecule has 0 aromatic carbocycles. The smallest absolute Gasteiger partial charge is 0.240 e. The lowest BCUT2D eigenvalue weighted by atomic mass is 10.1. The van der Waals surface area contributed by atoms with Crippen LogP contribution < -0.4 is 5.32 Å². The molecule has 0 fully saturated rings. The second kappa shape index (κ2) is 5.04. The number of pyridine rings is 1. The van der Waals surface area contributed by atoms with Gasteiger partial charge in [0, 0.05) is 11.7 Å². The maximum atomic E-state index is 6.02. The van der Waals surface area contributed by atoms with E-state index in [-0.39, 0.29) is 5.54 Å². The van der Waals surface area contributed by atoms with Gasteiger partial charge >= 0.3 is 0 Å². The van der Waals surface area contributed by atoms with Gasteiger partial charge in [-0.2, -0.15) is 4.98 Å². The lowest BCUT2D eigenvalue weighted by molar-refractivity contribution is 0.336. The third-order valence-electron chi connectivity index (χ3n) is 2.21. The van der Waals surface area contributed by atoms with Crippen LogP contribution in [0.4, 0.5) is 0 Å². The Balaban J connectivity index is 2.14. The summed E-state index contributed by atoms with van der Waals surface area (Å²) in [5, 5.41) is 7.65. The van der Waals surface area contributed by atoms with Gasteiger partial charge in [0.1, 0.15) is 5.69 Å². The summed E-state index contributed by atoms with van der Waals surface area (Å²) in [4.78, 5) is 8.39. The van der Waals surface area contributed by atoms with Crippen LogP contribution in [0.5, 0.6) is 0 Å². The van der Waals surface area contributed by atoms with Gasteiger partial charge in [0.2, 0.25) is 11.7 Å². The number of rotatable bonds is 3. The van der Waals surface area contributed by atoms with Gasteiger partial charge in [-0.1, -0.05) is 16.8 Å². The molecule has 2 heterocycles. The molecule has 0 unspecified atom stereocenters. The molecule has 0 aliphatic heterocycles. The van der Waals surface area contributed by atoms with Crippen LogP contribution in [0.3, 0.4) is 0 Å². The van der Waals surface area contributed by atoms with E-state index in [1.165, 1.54) is 0 Å². The van der Waals surface area contributed by atoms with Crippen molar-refractivity contribution >= 4 is 11.6 Å². The summed E-state index contributed by atoms with van der Waals surface area (Å²) in [6.07, 6.45) is 1.64. The Morgan fingerprint density at radius 1 is 1.39 bits per heavy atom. The largest absolute Gasteiger partial charge is 0.337 e. The molecule has 2 aromatic heterocycles. The zero-order valence-corrected chi connectivity index (χ0v) is 11.3. The fourth-order valence-corrected chi connectivity index (χ4v) is 1.52. The van der Waals surface area contributed by atoms with Crippen molar-refractivity contribution in [2.24, 2.45) is 0 Å². The first-order valence-corrected chi connectivity index (χ1v) is 6.02. The van der Waals surface area contributed by atoms with Crippen molar-refractivity contribution in [1.29, 1.82) is 0 Å². The molecule has 2 aromatic rings. The van der Waals surface area contributed by atoms with Crippen LogP contribution in [0.2, 0.25) is 5.02 Å². The summed E-state index contributed by atoms with van der Waals surface area (Å²) in [7, 11) is 0. The maximum Gasteiger partial charge on any atom is 0.240 e. The van der Waals surface area contributed by atoms with Crippen LogP contribution in [-0.4, -0.2) is 20.7 Å². The molecule has 0 radical (unpaired) electrons. The van der Waals surface area contributed by atoms with E-state index in [0.717, 1.165) is 0 Å². The van der Waals surface area contributed by atoms with Gasteiger partial charge in [-0.05, 0) is 32.9 Å². The molecular formula is C12H15ClN4O. The Morgan fingerprint density at radius 3 is 2.83 bits per heavy atom. The Labute approximate surface area is 111 Å². The second-order valence-corrected chi connectivity index (χ2v) is 5.36. The Morgan fingerprint density at radius 2 is 2.17 bits per heavy atom. The fraction of sp³-hybridized carbons (Fsp3) is 0.417. The fourth-order valence-electron chi connectivity index (χ4n) is 1.31. The summed E-state index contributed by atoms with van der Waals surface area (Å²) in [5.41, 5.74) is 0.530.